The summed E-state index contributed by atoms with van der Waals surface area (Å²) in [5, 5.41) is 7.01. The second kappa shape index (κ2) is 7.60. The van der Waals surface area contributed by atoms with Crippen LogP contribution in [0.2, 0.25) is 0 Å². The smallest absolute Gasteiger partial charge is 0.287 e. The highest BCUT2D eigenvalue weighted by Gasteiger charge is 2.18. The molecule has 4 nitrogen and oxygen atoms in total. The topological polar surface area (TPSA) is 55.1 Å². The van der Waals surface area contributed by atoms with Gasteiger partial charge in [-0.2, -0.15) is 0 Å². The highest BCUT2D eigenvalue weighted by atomic mass is 32.1. The summed E-state index contributed by atoms with van der Waals surface area (Å²) in [5.74, 6) is 0.214. The van der Waals surface area contributed by atoms with Crippen LogP contribution in [0, 0.1) is 20.8 Å². The largest absolute Gasteiger partial charge is 0.451 e. The van der Waals surface area contributed by atoms with E-state index < -0.39 is 0 Å². The quantitative estimate of drug-likeness (QED) is 0.493. The summed E-state index contributed by atoms with van der Waals surface area (Å²) in [5.41, 5.74) is 6.10. The minimum absolute atomic E-state index is 0.178. The lowest BCUT2D eigenvalue weighted by Gasteiger charge is -2.02. The number of carbonyl (C=O) groups excluding carboxylic acids is 1. The van der Waals surface area contributed by atoms with Crippen LogP contribution < -0.4 is 5.32 Å². The number of thiazole rings is 1. The standard InChI is InChI=1S/C23H22N2O2S/c1-14-11-19-16(3)21(27-20(19)12-15(14)2)22(26)24-10-9-18-13-28-23(25-18)17-7-5-4-6-8-17/h4-8,11-13H,9-10H2,1-3H3,(H,24,26). The van der Waals surface area contributed by atoms with Crippen molar-refractivity contribution in [2.45, 2.75) is 27.2 Å². The highest BCUT2D eigenvalue weighted by Crippen LogP contribution is 2.28. The molecule has 0 saturated carbocycles. The normalized spacial score (nSPS) is 11.1. The molecule has 28 heavy (non-hydrogen) atoms. The van der Waals surface area contributed by atoms with Crippen LogP contribution in [0.3, 0.4) is 0 Å². The molecule has 2 heterocycles. The number of amides is 1. The second-order valence-electron chi connectivity index (χ2n) is 7.00. The van der Waals surface area contributed by atoms with Crippen LogP contribution in [-0.2, 0) is 6.42 Å². The third kappa shape index (κ3) is 3.58. The Morgan fingerprint density at radius 2 is 1.86 bits per heavy atom. The lowest BCUT2D eigenvalue weighted by Crippen LogP contribution is -2.25. The third-order valence-corrected chi connectivity index (χ3v) is 5.94. The lowest BCUT2D eigenvalue weighted by atomic mass is 10.1. The second-order valence-corrected chi connectivity index (χ2v) is 7.86. The van der Waals surface area contributed by atoms with Gasteiger partial charge in [0, 0.05) is 34.9 Å². The number of rotatable bonds is 5. The van der Waals surface area contributed by atoms with Crippen molar-refractivity contribution in [3.63, 3.8) is 0 Å². The molecule has 0 aliphatic rings. The van der Waals surface area contributed by atoms with E-state index in [0.717, 1.165) is 38.4 Å². The number of nitrogens with zero attached hydrogens (tertiary/aromatic N) is 1. The van der Waals surface area contributed by atoms with Crippen molar-refractivity contribution in [3.05, 3.63) is 76.0 Å². The predicted octanol–water partition coefficient (Wildman–Crippen LogP) is 5.45. The molecule has 4 aromatic rings. The molecule has 2 aromatic heterocycles. The first-order chi connectivity index (χ1) is 13.5. The number of aryl methyl sites for hydroxylation is 3. The Morgan fingerprint density at radius 1 is 1.11 bits per heavy atom. The van der Waals surface area contributed by atoms with Gasteiger partial charge in [0.1, 0.15) is 10.6 Å². The van der Waals surface area contributed by atoms with Crippen LogP contribution in [-0.4, -0.2) is 17.4 Å². The average Bonchev–Trinajstić information content (AvgIpc) is 3.29. The Kier molecular flexibility index (Phi) is 5.01. The Bertz CT molecular complexity index is 1140. The molecule has 2 aromatic carbocycles. The first-order valence-corrected chi connectivity index (χ1v) is 10.2. The first kappa shape index (κ1) is 18.4. The van der Waals surface area contributed by atoms with Gasteiger partial charge in [0.15, 0.2) is 5.76 Å². The van der Waals surface area contributed by atoms with Crippen molar-refractivity contribution < 1.29 is 9.21 Å². The summed E-state index contributed by atoms with van der Waals surface area (Å²) in [7, 11) is 0. The Morgan fingerprint density at radius 3 is 2.64 bits per heavy atom. The molecule has 0 atom stereocenters. The zero-order valence-electron chi connectivity index (χ0n) is 16.2. The summed E-state index contributed by atoms with van der Waals surface area (Å²) in [6.45, 7) is 6.57. The molecular weight excluding hydrogens is 368 g/mol. The number of aromatic nitrogens is 1. The van der Waals surface area contributed by atoms with Crippen molar-refractivity contribution in [2.75, 3.05) is 6.54 Å². The molecule has 0 aliphatic carbocycles. The molecule has 142 valence electrons. The predicted molar refractivity (Wildman–Crippen MR) is 114 cm³/mol. The van der Waals surface area contributed by atoms with Crippen LogP contribution >= 0.6 is 11.3 Å². The van der Waals surface area contributed by atoms with Gasteiger partial charge in [-0.15, -0.1) is 11.3 Å². The molecular formula is C23H22N2O2S. The van der Waals surface area contributed by atoms with E-state index in [1.54, 1.807) is 11.3 Å². The van der Waals surface area contributed by atoms with Crippen LogP contribution in [0.15, 0.2) is 52.3 Å². The number of hydrogen-bond donors (Lipinski definition) is 1. The zero-order valence-corrected chi connectivity index (χ0v) is 17.0. The van der Waals surface area contributed by atoms with Crippen molar-refractivity contribution in [1.29, 1.82) is 0 Å². The summed E-state index contributed by atoms with van der Waals surface area (Å²) in [6, 6.07) is 14.2. The molecule has 0 saturated heterocycles. The first-order valence-electron chi connectivity index (χ1n) is 9.31. The average molecular weight is 391 g/mol. The number of benzene rings is 2. The molecule has 5 heteroatoms. The van der Waals surface area contributed by atoms with Crippen LogP contribution in [0.25, 0.3) is 21.5 Å². The van der Waals surface area contributed by atoms with E-state index >= 15 is 0 Å². The summed E-state index contributed by atoms with van der Waals surface area (Å²) < 4.78 is 5.84. The molecule has 4 rings (SSSR count). The monoisotopic (exact) mass is 390 g/mol. The third-order valence-electron chi connectivity index (χ3n) is 5.00. The van der Waals surface area contributed by atoms with Crippen molar-refractivity contribution in [3.8, 4) is 10.6 Å². The Hall–Kier alpha value is -2.92. The number of hydrogen-bond acceptors (Lipinski definition) is 4. The molecule has 1 N–H and O–H groups in total. The molecule has 0 spiro atoms. The maximum absolute atomic E-state index is 12.6. The fraction of sp³-hybridized carbons (Fsp3) is 0.217. The molecule has 0 bridgehead atoms. The minimum Gasteiger partial charge on any atom is -0.451 e. The summed E-state index contributed by atoms with van der Waals surface area (Å²) in [4.78, 5) is 17.3. The fourth-order valence-electron chi connectivity index (χ4n) is 3.21. The summed E-state index contributed by atoms with van der Waals surface area (Å²) in [6.07, 6.45) is 0.687. The number of nitrogens with one attached hydrogen (secondary N) is 1. The number of fused-ring (bicyclic) bond motifs is 1. The van der Waals surface area contributed by atoms with Gasteiger partial charge in [0.25, 0.3) is 5.91 Å². The maximum Gasteiger partial charge on any atom is 0.287 e. The number of furan rings is 1. The van der Waals surface area contributed by atoms with Crippen molar-refractivity contribution in [2.24, 2.45) is 0 Å². The van der Waals surface area contributed by atoms with E-state index in [4.69, 9.17) is 4.42 Å². The SMILES string of the molecule is Cc1cc2oc(C(=O)NCCc3csc(-c4ccccc4)n3)c(C)c2cc1C. The molecule has 0 unspecified atom stereocenters. The van der Waals surface area contributed by atoms with Gasteiger partial charge in [-0.25, -0.2) is 4.98 Å². The number of carbonyl (C=O) groups is 1. The van der Waals surface area contributed by atoms with Crippen LogP contribution in [0.5, 0.6) is 0 Å². The zero-order chi connectivity index (χ0) is 19.7. The van der Waals surface area contributed by atoms with E-state index in [-0.39, 0.29) is 5.91 Å². The van der Waals surface area contributed by atoms with Crippen molar-refractivity contribution >= 4 is 28.2 Å². The molecule has 0 radical (unpaired) electrons. The molecule has 1 amide bonds. The molecule has 0 aliphatic heterocycles. The lowest BCUT2D eigenvalue weighted by molar-refractivity contribution is 0.0927. The van der Waals surface area contributed by atoms with E-state index in [1.165, 1.54) is 5.56 Å². The van der Waals surface area contributed by atoms with Crippen LogP contribution in [0.1, 0.15) is 32.9 Å². The van der Waals surface area contributed by atoms with Gasteiger partial charge in [0.2, 0.25) is 0 Å². The highest BCUT2D eigenvalue weighted by molar-refractivity contribution is 7.13. The van der Waals surface area contributed by atoms with Gasteiger partial charge in [-0.3, -0.25) is 4.79 Å². The van der Waals surface area contributed by atoms with Gasteiger partial charge < -0.3 is 9.73 Å². The van der Waals surface area contributed by atoms with Crippen molar-refractivity contribution in [1.82, 2.24) is 10.3 Å². The van der Waals surface area contributed by atoms with Gasteiger partial charge >= 0.3 is 0 Å². The van der Waals surface area contributed by atoms with Gasteiger partial charge in [-0.1, -0.05) is 30.3 Å². The maximum atomic E-state index is 12.6. The van der Waals surface area contributed by atoms with Crippen LogP contribution in [0.4, 0.5) is 0 Å². The molecule has 0 fully saturated rings. The Balaban J connectivity index is 1.42. The van der Waals surface area contributed by atoms with Gasteiger partial charge in [0.05, 0.1) is 5.69 Å². The Labute approximate surface area is 168 Å². The van der Waals surface area contributed by atoms with Gasteiger partial charge in [-0.05, 0) is 44.0 Å². The fourth-order valence-corrected chi connectivity index (χ4v) is 4.07. The minimum atomic E-state index is -0.178. The van der Waals surface area contributed by atoms with E-state index in [0.29, 0.717) is 18.7 Å². The van der Waals surface area contributed by atoms with E-state index in [2.05, 4.69) is 35.4 Å². The van der Waals surface area contributed by atoms with E-state index in [1.807, 2.05) is 43.5 Å². The van der Waals surface area contributed by atoms with E-state index in [9.17, 15) is 4.79 Å². The summed E-state index contributed by atoms with van der Waals surface area (Å²) >= 11 is 1.62.